The van der Waals surface area contributed by atoms with Gasteiger partial charge in [-0.05, 0) is 36.4 Å². The van der Waals surface area contributed by atoms with Gasteiger partial charge in [-0.15, -0.1) is 0 Å². The predicted octanol–water partition coefficient (Wildman–Crippen LogP) is 1.67. The summed E-state index contributed by atoms with van der Waals surface area (Å²) in [7, 11) is 0. The van der Waals surface area contributed by atoms with Crippen molar-refractivity contribution in [2.45, 2.75) is 6.42 Å². The lowest BCUT2D eigenvalue weighted by atomic mass is 10.2. The highest BCUT2D eigenvalue weighted by molar-refractivity contribution is 7.80. The fourth-order valence-electron chi connectivity index (χ4n) is 0.985. The normalized spacial score (nSPS) is 9.79. The van der Waals surface area contributed by atoms with E-state index in [0.29, 0.717) is 12.2 Å². The van der Waals surface area contributed by atoms with Crippen LogP contribution >= 0.6 is 12.6 Å². The van der Waals surface area contributed by atoms with Crippen molar-refractivity contribution < 1.29 is 4.74 Å². The molecule has 0 atom stereocenters. The van der Waals surface area contributed by atoms with Crippen molar-refractivity contribution >= 4 is 18.5 Å². The summed E-state index contributed by atoms with van der Waals surface area (Å²) in [4.78, 5) is 0. The molecule has 0 heterocycles. The molecular formula is C10H14N2OS. The summed E-state index contributed by atoms with van der Waals surface area (Å²) in [6.07, 6.45) is 0.928. The van der Waals surface area contributed by atoms with Gasteiger partial charge < -0.3 is 10.5 Å². The minimum absolute atomic E-state index is 0.0758. The molecule has 14 heavy (non-hydrogen) atoms. The van der Waals surface area contributed by atoms with Crippen LogP contribution in [0.5, 0.6) is 5.75 Å². The highest BCUT2D eigenvalue weighted by Crippen LogP contribution is 2.11. The van der Waals surface area contributed by atoms with Gasteiger partial charge in [0.1, 0.15) is 11.6 Å². The van der Waals surface area contributed by atoms with E-state index in [2.05, 4.69) is 12.6 Å². The first kappa shape index (κ1) is 10.9. The van der Waals surface area contributed by atoms with E-state index < -0.39 is 0 Å². The van der Waals surface area contributed by atoms with Crippen LogP contribution in [0.1, 0.15) is 12.0 Å². The van der Waals surface area contributed by atoms with Gasteiger partial charge in [-0.2, -0.15) is 12.6 Å². The Labute approximate surface area is 89.2 Å². The van der Waals surface area contributed by atoms with Crippen molar-refractivity contribution in [1.82, 2.24) is 0 Å². The van der Waals surface area contributed by atoms with Crippen LogP contribution in [0.15, 0.2) is 24.3 Å². The largest absolute Gasteiger partial charge is 0.494 e. The van der Waals surface area contributed by atoms with Crippen molar-refractivity contribution in [3.8, 4) is 5.75 Å². The average Bonchev–Trinajstić information content (AvgIpc) is 2.19. The summed E-state index contributed by atoms with van der Waals surface area (Å²) in [6, 6.07) is 7.18. The summed E-state index contributed by atoms with van der Waals surface area (Å²) in [5, 5.41) is 7.20. The van der Waals surface area contributed by atoms with Crippen LogP contribution in [-0.2, 0) is 0 Å². The Morgan fingerprint density at radius 2 is 2.00 bits per heavy atom. The summed E-state index contributed by atoms with van der Waals surface area (Å²) < 4.78 is 5.42. The standard InChI is InChI=1S/C10H14N2OS/c11-10(12)8-2-4-9(5-3-8)13-6-1-7-14/h2-5,14H,1,6-7H2,(H3,11,12). The van der Waals surface area contributed by atoms with Crippen molar-refractivity contribution in [2.24, 2.45) is 5.73 Å². The molecule has 3 N–H and O–H groups in total. The summed E-state index contributed by atoms with van der Waals surface area (Å²) in [6.45, 7) is 0.670. The van der Waals surface area contributed by atoms with Crippen LogP contribution in [-0.4, -0.2) is 18.2 Å². The van der Waals surface area contributed by atoms with Gasteiger partial charge in [-0.1, -0.05) is 0 Å². The summed E-state index contributed by atoms with van der Waals surface area (Å²) in [5.74, 6) is 1.70. The number of ether oxygens (including phenoxy) is 1. The Hall–Kier alpha value is -1.16. The molecular weight excluding hydrogens is 196 g/mol. The Kier molecular flexibility index (Phi) is 4.32. The van der Waals surface area contributed by atoms with Crippen molar-refractivity contribution in [3.63, 3.8) is 0 Å². The lowest BCUT2D eigenvalue weighted by Crippen LogP contribution is -2.10. The van der Waals surface area contributed by atoms with Gasteiger partial charge in [0, 0.05) is 5.56 Å². The molecule has 0 saturated carbocycles. The van der Waals surface area contributed by atoms with Crippen molar-refractivity contribution in [1.29, 1.82) is 5.41 Å². The van der Waals surface area contributed by atoms with E-state index in [1.165, 1.54) is 0 Å². The van der Waals surface area contributed by atoms with Gasteiger partial charge >= 0.3 is 0 Å². The second-order valence-electron chi connectivity index (χ2n) is 2.86. The quantitative estimate of drug-likeness (QED) is 0.300. The van der Waals surface area contributed by atoms with Gasteiger partial charge in [-0.25, -0.2) is 0 Å². The molecule has 1 aromatic rings. The number of nitrogens with two attached hydrogens (primary N) is 1. The number of amidine groups is 1. The highest BCUT2D eigenvalue weighted by atomic mass is 32.1. The maximum atomic E-state index is 7.20. The molecule has 0 spiro atoms. The zero-order valence-electron chi connectivity index (χ0n) is 7.86. The van der Waals surface area contributed by atoms with Crippen LogP contribution in [0.25, 0.3) is 0 Å². The van der Waals surface area contributed by atoms with E-state index in [9.17, 15) is 0 Å². The fourth-order valence-corrected chi connectivity index (χ4v) is 1.11. The molecule has 1 rings (SSSR count). The van der Waals surface area contributed by atoms with Crippen LogP contribution in [0, 0.1) is 5.41 Å². The molecule has 0 fully saturated rings. The molecule has 0 aliphatic carbocycles. The minimum atomic E-state index is 0.0758. The number of nitrogens with one attached hydrogen (secondary N) is 1. The highest BCUT2D eigenvalue weighted by Gasteiger charge is 1.96. The maximum Gasteiger partial charge on any atom is 0.122 e. The van der Waals surface area contributed by atoms with E-state index in [1.54, 1.807) is 12.1 Å². The zero-order valence-corrected chi connectivity index (χ0v) is 8.76. The van der Waals surface area contributed by atoms with Crippen molar-refractivity contribution in [2.75, 3.05) is 12.4 Å². The lowest BCUT2D eigenvalue weighted by molar-refractivity contribution is 0.319. The van der Waals surface area contributed by atoms with Crippen LogP contribution in [0.4, 0.5) is 0 Å². The topological polar surface area (TPSA) is 59.1 Å². The third kappa shape index (κ3) is 3.30. The van der Waals surface area contributed by atoms with E-state index in [0.717, 1.165) is 17.9 Å². The van der Waals surface area contributed by atoms with Crippen LogP contribution in [0.2, 0.25) is 0 Å². The first-order valence-electron chi connectivity index (χ1n) is 4.42. The van der Waals surface area contributed by atoms with Gasteiger partial charge in [0.2, 0.25) is 0 Å². The third-order valence-electron chi connectivity index (χ3n) is 1.74. The maximum absolute atomic E-state index is 7.20. The van der Waals surface area contributed by atoms with Crippen molar-refractivity contribution in [3.05, 3.63) is 29.8 Å². The number of benzene rings is 1. The summed E-state index contributed by atoms with van der Waals surface area (Å²) >= 11 is 4.09. The van der Waals surface area contributed by atoms with Crippen LogP contribution < -0.4 is 10.5 Å². The molecule has 76 valence electrons. The number of thiol groups is 1. The Bertz CT molecular complexity index is 297. The molecule has 0 aliphatic rings. The van der Waals surface area contributed by atoms with E-state index in [1.807, 2.05) is 12.1 Å². The Morgan fingerprint density at radius 1 is 1.36 bits per heavy atom. The smallest absolute Gasteiger partial charge is 0.122 e. The number of rotatable bonds is 5. The second kappa shape index (κ2) is 5.54. The monoisotopic (exact) mass is 210 g/mol. The fraction of sp³-hybridized carbons (Fsp3) is 0.300. The molecule has 0 bridgehead atoms. The van der Waals surface area contributed by atoms with Gasteiger partial charge in [-0.3, -0.25) is 5.41 Å². The van der Waals surface area contributed by atoms with Gasteiger partial charge in [0.05, 0.1) is 6.61 Å². The Balaban J connectivity index is 2.51. The molecule has 4 heteroatoms. The number of hydrogen-bond donors (Lipinski definition) is 3. The SMILES string of the molecule is N=C(N)c1ccc(OCCCS)cc1. The first-order valence-corrected chi connectivity index (χ1v) is 5.05. The van der Waals surface area contributed by atoms with Crippen LogP contribution in [0.3, 0.4) is 0 Å². The number of hydrogen-bond acceptors (Lipinski definition) is 3. The molecule has 0 unspecified atom stereocenters. The number of nitrogen functional groups attached to an aromatic ring is 1. The predicted molar refractivity (Wildman–Crippen MR) is 61.4 cm³/mol. The molecule has 0 aromatic heterocycles. The van der Waals surface area contributed by atoms with E-state index in [-0.39, 0.29) is 5.84 Å². The second-order valence-corrected chi connectivity index (χ2v) is 3.31. The van der Waals surface area contributed by atoms with Gasteiger partial charge in [0.25, 0.3) is 0 Å². The molecule has 0 amide bonds. The Morgan fingerprint density at radius 3 is 2.50 bits per heavy atom. The average molecular weight is 210 g/mol. The first-order chi connectivity index (χ1) is 6.74. The molecule has 0 aliphatic heterocycles. The summed E-state index contributed by atoms with van der Waals surface area (Å²) in [5.41, 5.74) is 6.03. The molecule has 3 nitrogen and oxygen atoms in total. The molecule has 1 aromatic carbocycles. The minimum Gasteiger partial charge on any atom is -0.494 e. The van der Waals surface area contributed by atoms with Gasteiger partial charge in [0.15, 0.2) is 0 Å². The van der Waals surface area contributed by atoms with E-state index >= 15 is 0 Å². The van der Waals surface area contributed by atoms with E-state index in [4.69, 9.17) is 15.9 Å². The molecule has 0 radical (unpaired) electrons. The lowest BCUT2D eigenvalue weighted by Gasteiger charge is -2.05. The molecule has 0 saturated heterocycles. The zero-order chi connectivity index (χ0) is 10.4. The third-order valence-corrected chi connectivity index (χ3v) is 2.05.